The first-order chi connectivity index (χ1) is 5.57. The molecule has 0 amide bonds. The molecular formula is C9H22N2O. The molecule has 0 aromatic heterocycles. The molecule has 0 aromatic carbocycles. The zero-order valence-electron chi connectivity index (χ0n) is 8.67. The maximum Gasteiger partial charge on any atom is 0.0587 e. The van der Waals surface area contributed by atoms with Crippen molar-refractivity contribution in [2.75, 3.05) is 33.8 Å². The molecule has 0 aliphatic heterocycles. The summed E-state index contributed by atoms with van der Waals surface area (Å²) in [6.07, 6.45) is 0. The molecule has 3 nitrogen and oxygen atoms in total. The monoisotopic (exact) mass is 174 g/mol. The molecule has 0 radical (unpaired) electrons. The van der Waals surface area contributed by atoms with E-state index < -0.39 is 0 Å². The molecule has 0 heterocycles. The topological polar surface area (TPSA) is 35.5 Å². The number of rotatable bonds is 6. The first-order valence-corrected chi connectivity index (χ1v) is 4.57. The van der Waals surface area contributed by atoms with Crippen LogP contribution in [0, 0.1) is 5.92 Å². The van der Waals surface area contributed by atoms with Crippen LogP contribution in [0.15, 0.2) is 0 Å². The van der Waals surface area contributed by atoms with E-state index in [-0.39, 0.29) is 12.6 Å². The maximum absolute atomic E-state index is 8.99. The fourth-order valence-electron chi connectivity index (χ4n) is 0.985. The van der Waals surface area contributed by atoms with Gasteiger partial charge in [-0.2, -0.15) is 0 Å². The van der Waals surface area contributed by atoms with E-state index in [2.05, 4.69) is 24.1 Å². The van der Waals surface area contributed by atoms with Crippen molar-refractivity contribution in [3.05, 3.63) is 0 Å². The van der Waals surface area contributed by atoms with Crippen LogP contribution in [-0.2, 0) is 0 Å². The first kappa shape index (κ1) is 11.9. The second kappa shape index (κ2) is 6.40. The third-order valence-corrected chi connectivity index (χ3v) is 1.97. The second-order valence-corrected chi connectivity index (χ2v) is 3.79. The van der Waals surface area contributed by atoms with Crippen LogP contribution in [0.1, 0.15) is 13.8 Å². The van der Waals surface area contributed by atoms with Crippen molar-refractivity contribution in [1.29, 1.82) is 0 Å². The fraction of sp³-hybridized carbons (Fsp3) is 1.00. The van der Waals surface area contributed by atoms with Gasteiger partial charge < -0.3 is 15.3 Å². The summed E-state index contributed by atoms with van der Waals surface area (Å²) >= 11 is 0. The van der Waals surface area contributed by atoms with Crippen molar-refractivity contribution in [3.8, 4) is 0 Å². The Morgan fingerprint density at radius 3 is 2.25 bits per heavy atom. The lowest BCUT2D eigenvalue weighted by Crippen LogP contribution is -2.40. The molecule has 12 heavy (non-hydrogen) atoms. The molecule has 0 fully saturated rings. The summed E-state index contributed by atoms with van der Waals surface area (Å²) in [5.74, 6) is 0.497. The number of aliphatic hydroxyl groups is 1. The Kier molecular flexibility index (Phi) is 6.34. The third-order valence-electron chi connectivity index (χ3n) is 1.97. The van der Waals surface area contributed by atoms with E-state index in [9.17, 15) is 0 Å². The summed E-state index contributed by atoms with van der Waals surface area (Å²) in [6, 6.07) is 0.241. The molecule has 0 bridgehead atoms. The Morgan fingerprint density at radius 1 is 1.33 bits per heavy atom. The number of hydrogen-bond donors (Lipinski definition) is 2. The molecule has 0 aromatic rings. The standard InChI is InChI=1S/C9H22N2O/c1-8(2)9(7-12)10-5-6-11(3)4/h8-10,12H,5-7H2,1-4H3/t9-/m1/s1. The Bertz CT molecular complexity index is 105. The predicted molar refractivity (Wildman–Crippen MR) is 52.3 cm³/mol. The Hall–Kier alpha value is -0.120. The lowest BCUT2D eigenvalue weighted by Gasteiger charge is -2.21. The van der Waals surface area contributed by atoms with Gasteiger partial charge in [-0.05, 0) is 20.0 Å². The van der Waals surface area contributed by atoms with Gasteiger partial charge in [-0.1, -0.05) is 13.8 Å². The summed E-state index contributed by atoms with van der Waals surface area (Å²) in [7, 11) is 4.09. The molecule has 0 aliphatic carbocycles. The molecule has 74 valence electrons. The average Bonchev–Trinajstić information content (AvgIpc) is 1.96. The number of hydrogen-bond acceptors (Lipinski definition) is 3. The van der Waals surface area contributed by atoms with E-state index in [1.807, 2.05) is 14.1 Å². The molecule has 0 rings (SSSR count). The molecule has 1 atom stereocenters. The van der Waals surface area contributed by atoms with E-state index in [0.717, 1.165) is 13.1 Å². The second-order valence-electron chi connectivity index (χ2n) is 3.79. The summed E-state index contributed by atoms with van der Waals surface area (Å²) in [4.78, 5) is 2.13. The van der Waals surface area contributed by atoms with Crippen molar-refractivity contribution in [3.63, 3.8) is 0 Å². The number of aliphatic hydroxyl groups excluding tert-OH is 1. The molecule has 0 aliphatic rings. The average molecular weight is 174 g/mol. The quantitative estimate of drug-likeness (QED) is 0.602. The molecule has 0 saturated heterocycles. The van der Waals surface area contributed by atoms with Gasteiger partial charge in [-0.3, -0.25) is 0 Å². The van der Waals surface area contributed by atoms with Gasteiger partial charge in [0.25, 0.3) is 0 Å². The van der Waals surface area contributed by atoms with Gasteiger partial charge in [0.1, 0.15) is 0 Å². The minimum absolute atomic E-state index is 0.227. The third kappa shape index (κ3) is 5.52. The van der Waals surface area contributed by atoms with E-state index in [0.29, 0.717) is 5.92 Å². The van der Waals surface area contributed by atoms with Crippen molar-refractivity contribution in [1.82, 2.24) is 10.2 Å². The zero-order chi connectivity index (χ0) is 9.56. The van der Waals surface area contributed by atoms with Crippen molar-refractivity contribution < 1.29 is 5.11 Å². The van der Waals surface area contributed by atoms with Gasteiger partial charge in [0.2, 0.25) is 0 Å². The highest BCUT2D eigenvalue weighted by Gasteiger charge is 2.09. The van der Waals surface area contributed by atoms with Gasteiger partial charge >= 0.3 is 0 Å². The van der Waals surface area contributed by atoms with Crippen LogP contribution in [0.2, 0.25) is 0 Å². The summed E-state index contributed by atoms with van der Waals surface area (Å²) in [6.45, 7) is 6.41. The van der Waals surface area contributed by atoms with E-state index in [1.165, 1.54) is 0 Å². The Balaban J connectivity index is 3.45. The van der Waals surface area contributed by atoms with Crippen LogP contribution in [-0.4, -0.2) is 49.8 Å². The number of likely N-dealkylation sites (N-methyl/N-ethyl adjacent to an activating group) is 1. The van der Waals surface area contributed by atoms with Crippen molar-refractivity contribution in [2.24, 2.45) is 5.92 Å². The predicted octanol–water partition coefficient (Wildman–Crippen LogP) is 0.155. The molecule has 0 spiro atoms. The first-order valence-electron chi connectivity index (χ1n) is 4.57. The molecule has 0 unspecified atom stereocenters. The summed E-state index contributed by atoms with van der Waals surface area (Å²) in [5.41, 5.74) is 0. The van der Waals surface area contributed by atoms with Crippen LogP contribution in [0.5, 0.6) is 0 Å². The largest absolute Gasteiger partial charge is 0.395 e. The minimum atomic E-state index is 0.227. The summed E-state index contributed by atoms with van der Waals surface area (Å²) < 4.78 is 0. The lowest BCUT2D eigenvalue weighted by atomic mass is 10.1. The molecular weight excluding hydrogens is 152 g/mol. The van der Waals surface area contributed by atoms with Crippen LogP contribution < -0.4 is 5.32 Å². The SMILES string of the molecule is CC(C)[C@@H](CO)NCCN(C)C. The van der Waals surface area contributed by atoms with Gasteiger partial charge in [-0.15, -0.1) is 0 Å². The van der Waals surface area contributed by atoms with Crippen LogP contribution in [0.25, 0.3) is 0 Å². The number of nitrogens with zero attached hydrogens (tertiary/aromatic N) is 1. The van der Waals surface area contributed by atoms with E-state index >= 15 is 0 Å². The van der Waals surface area contributed by atoms with Crippen LogP contribution >= 0.6 is 0 Å². The maximum atomic E-state index is 8.99. The highest BCUT2D eigenvalue weighted by atomic mass is 16.3. The zero-order valence-corrected chi connectivity index (χ0v) is 8.67. The molecule has 0 saturated carbocycles. The fourth-order valence-corrected chi connectivity index (χ4v) is 0.985. The molecule has 3 heteroatoms. The highest BCUT2D eigenvalue weighted by molar-refractivity contribution is 4.69. The van der Waals surface area contributed by atoms with Gasteiger partial charge in [0, 0.05) is 19.1 Å². The number of nitrogens with one attached hydrogen (secondary N) is 1. The van der Waals surface area contributed by atoms with Crippen molar-refractivity contribution >= 4 is 0 Å². The molecule has 2 N–H and O–H groups in total. The smallest absolute Gasteiger partial charge is 0.0587 e. The Morgan fingerprint density at radius 2 is 1.92 bits per heavy atom. The minimum Gasteiger partial charge on any atom is -0.395 e. The van der Waals surface area contributed by atoms with E-state index in [1.54, 1.807) is 0 Å². The summed E-state index contributed by atoms with van der Waals surface area (Å²) in [5, 5.41) is 12.3. The van der Waals surface area contributed by atoms with Gasteiger partial charge in [0.15, 0.2) is 0 Å². The van der Waals surface area contributed by atoms with Crippen LogP contribution in [0.3, 0.4) is 0 Å². The van der Waals surface area contributed by atoms with Gasteiger partial charge in [0.05, 0.1) is 6.61 Å². The van der Waals surface area contributed by atoms with Gasteiger partial charge in [-0.25, -0.2) is 0 Å². The highest BCUT2D eigenvalue weighted by Crippen LogP contribution is 1.99. The lowest BCUT2D eigenvalue weighted by molar-refractivity contribution is 0.207. The van der Waals surface area contributed by atoms with Crippen LogP contribution in [0.4, 0.5) is 0 Å². The Labute approximate surface area is 75.8 Å². The van der Waals surface area contributed by atoms with E-state index in [4.69, 9.17) is 5.11 Å². The van der Waals surface area contributed by atoms with Crippen molar-refractivity contribution in [2.45, 2.75) is 19.9 Å². The normalized spacial score (nSPS) is 14.2.